The van der Waals surface area contributed by atoms with Crippen LogP contribution in [0.2, 0.25) is 0 Å². The molecule has 0 amide bonds. The zero-order chi connectivity index (χ0) is 25.3. The summed E-state index contributed by atoms with van der Waals surface area (Å²) in [4.78, 5) is 10.8. The van der Waals surface area contributed by atoms with E-state index in [0.29, 0.717) is 41.4 Å². The topological polar surface area (TPSA) is 109 Å². The molecular formula is C27H24N6O3. The Bertz CT molecular complexity index is 1490. The molecule has 4 aromatic rings. The van der Waals surface area contributed by atoms with Gasteiger partial charge in [-0.2, -0.15) is 10.4 Å². The van der Waals surface area contributed by atoms with Gasteiger partial charge < -0.3 is 19.5 Å². The molecule has 0 bridgehead atoms. The maximum atomic E-state index is 10.0. The van der Waals surface area contributed by atoms with Gasteiger partial charge in [-0.1, -0.05) is 5.92 Å². The van der Waals surface area contributed by atoms with Crippen LogP contribution in [0.25, 0.3) is 16.6 Å². The van der Waals surface area contributed by atoms with Gasteiger partial charge in [0.05, 0.1) is 42.2 Å². The van der Waals surface area contributed by atoms with E-state index in [2.05, 4.69) is 32.0 Å². The second-order valence-corrected chi connectivity index (χ2v) is 9.22. The molecule has 0 aromatic carbocycles. The number of hydrogen-bond donors (Lipinski definition) is 1. The molecule has 5 heterocycles. The van der Waals surface area contributed by atoms with E-state index >= 15 is 0 Å². The summed E-state index contributed by atoms with van der Waals surface area (Å²) < 4.78 is 13.4. The molecule has 9 nitrogen and oxygen atoms in total. The molecule has 0 aliphatic carbocycles. The number of anilines is 1. The Morgan fingerprint density at radius 2 is 2.00 bits per heavy atom. The summed E-state index contributed by atoms with van der Waals surface area (Å²) in [6, 6.07) is 11.5. The van der Waals surface area contributed by atoms with Crippen LogP contribution in [-0.4, -0.2) is 56.1 Å². The van der Waals surface area contributed by atoms with Gasteiger partial charge in [0.1, 0.15) is 41.8 Å². The number of hydrogen-bond acceptors (Lipinski definition) is 8. The number of aromatic nitrogens is 4. The average Bonchev–Trinajstić information content (AvgIpc) is 3.27. The van der Waals surface area contributed by atoms with Crippen molar-refractivity contribution in [3.63, 3.8) is 0 Å². The normalized spacial score (nSPS) is 13.6. The molecule has 36 heavy (non-hydrogen) atoms. The highest BCUT2D eigenvalue weighted by Gasteiger charge is 2.29. The number of terminal acetylenes is 1. The molecule has 180 valence electrons. The average molecular weight is 481 g/mol. The highest BCUT2D eigenvalue weighted by Crippen LogP contribution is 2.32. The number of fused-ring (bicyclic) bond motifs is 1. The van der Waals surface area contributed by atoms with E-state index in [-0.39, 0.29) is 12.7 Å². The van der Waals surface area contributed by atoms with Crippen LogP contribution < -0.4 is 14.4 Å². The van der Waals surface area contributed by atoms with Crippen molar-refractivity contribution in [2.75, 3.05) is 24.6 Å². The van der Waals surface area contributed by atoms with E-state index < -0.39 is 5.60 Å². The molecule has 1 N–H and O–H groups in total. The smallest absolute Gasteiger partial charge is 0.138 e. The van der Waals surface area contributed by atoms with Crippen molar-refractivity contribution in [2.45, 2.75) is 25.6 Å². The number of nitrogens with zero attached hydrogens (tertiary/aromatic N) is 6. The molecule has 1 aliphatic rings. The lowest BCUT2D eigenvalue weighted by molar-refractivity contribution is 0.0283. The lowest BCUT2D eigenvalue weighted by Gasteiger charge is -2.39. The lowest BCUT2D eigenvalue weighted by Crippen LogP contribution is -2.54. The van der Waals surface area contributed by atoms with Crippen molar-refractivity contribution in [2.24, 2.45) is 0 Å². The molecule has 9 heteroatoms. The van der Waals surface area contributed by atoms with Gasteiger partial charge in [-0.3, -0.25) is 0 Å². The minimum absolute atomic E-state index is 0.0358. The third-order valence-corrected chi connectivity index (χ3v) is 5.71. The molecule has 0 atom stereocenters. The van der Waals surface area contributed by atoms with E-state index in [9.17, 15) is 10.4 Å². The molecular weight excluding hydrogens is 456 g/mol. The predicted octanol–water partition coefficient (Wildman–Crippen LogP) is 3.06. The van der Waals surface area contributed by atoms with Crippen molar-refractivity contribution in [3.05, 3.63) is 66.4 Å². The monoisotopic (exact) mass is 480 g/mol. The van der Waals surface area contributed by atoms with Crippen LogP contribution >= 0.6 is 0 Å². The highest BCUT2D eigenvalue weighted by atomic mass is 16.5. The molecule has 1 fully saturated rings. The second-order valence-electron chi connectivity index (χ2n) is 9.22. The van der Waals surface area contributed by atoms with E-state index in [0.717, 1.165) is 16.9 Å². The molecule has 4 aromatic heterocycles. The Labute approximate surface area is 208 Å². The van der Waals surface area contributed by atoms with Gasteiger partial charge in [0.15, 0.2) is 0 Å². The van der Waals surface area contributed by atoms with Crippen LogP contribution in [0.1, 0.15) is 25.1 Å². The van der Waals surface area contributed by atoms with Crippen molar-refractivity contribution >= 4 is 11.3 Å². The van der Waals surface area contributed by atoms with Crippen molar-refractivity contribution in [1.29, 1.82) is 5.26 Å². The third-order valence-electron chi connectivity index (χ3n) is 5.71. The summed E-state index contributed by atoms with van der Waals surface area (Å²) in [7, 11) is 0. The molecule has 0 spiro atoms. The molecule has 0 saturated carbocycles. The van der Waals surface area contributed by atoms with Crippen LogP contribution in [-0.2, 0) is 0 Å². The zero-order valence-electron chi connectivity index (χ0n) is 19.9. The molecule has 1 aliphatic heterocycles. The summed E-state index contributed by atoms with van der Waals surface area (Å²) in [6.07, 6.45) is 12.1. The minimum atomic E-state index is -0.986. The number of aliphatic hydroxyl groups is 1. The SMILES string of the molecule is C#Cc1cc(OC2CN(c3ccc(-c4cc(OCC(C)(C)O)cn5ncc(C#N)c45)cn3)C2)ccn1. The Hall–Kier alpha value is -4.60. The van der Waals surface area contributed by atoms with Crippen molar-refractivity contribution in [3.8, 4) is 41.0 Å². The van der Waals surface area contributed by atoms with Gasteiger partial charge in [0.2, 0.25) is 0 Å². The van der Waals surface area contributed by atoms with E-state index in [1.807, 2.05) is 18.2 Å². The zero-order valence-corrected chi connectivity index (χ0v) is 19.9. The standard InChI is InChI=1S/C27H24N6O3/c1-4-20-9-21(7-8-29-20)36-23-14-32(15-23)25-6-5-18(12-30-25)24-10-22(35-17-27(2,3)34)16-33-26(24)19(11-28)13-31-33/h1,5-10,12-13,16,23,34H,14-15,17H2,2-3H3. The van der Waals surface area contributed by atoms with E-state index in [1.54, 1.807) is 49.1 Å². The number of ether oxygens (including phenoxy) is 2. The number of pyridine rings is 3. The van der Waals surface area contributed by atoms with E-state index in [1.165, 1.54) is 6.20 Å². The van der Waals surface area contributed by atoms with Gasteiger partial charge >= 0.3 is 0 Å². The number of nitriles is 1. The van der Waals surface area contributed by atoms with Gasteiger partial charge in [-0.15, -0.1) is 6.42 Å². The highest BCUT2D eigenvalue weighted by molar-refractivity contribution is 5.85. The first-order chi connectivity index (χ1) is 17.3. The Morgan fingerprint density at radius 3 is 2.69 bits per heavy atom. The third kappa shape index (κ3) is 4.78. The van der Waals surface area contributed by atoms with Crippen LogP contribution in [0.15, 0.2) is 55.1 Å². The van der Waals surface area contributed by atoms with Gasteiger partial charge in [0.25, 0.3) is 0 Å². The summed E-state index contributed by atoms with van der Waals surface area (Å²) in [5, 5.41) is 23.9. The summed E-state index contributed by atoms with van der Waals surface area (Å²) in [6.45, 7) is 4.86. The first kappa shape index (κ1) is 23.2. The Balaban J connectivity index is 1.34. The maximum Gasteiger partial charge on any atom is 0.138 e. The number of rotatable bonds is 7. The maximum absolute atomic E-state index is 10.0. The molecule has 0 unspecified atom stereocenters. The Morgan fingerprint density at radius 1 is 1.17 bits per heavy atom. The quantitative estimate of drug-likeness (QED) is 0.402. The lowest BCUT2D eigenvalue weighted by atomic mass is 10.0. The largest absolute Gasteiger partial charge is 0.489 e. The minimum Gasteiger partial charge on any atom is -0.489 e. The van der Waals surface area contributed by atoms with Gasteiger partial charge in [-0.25, -0.2) is 14.5 Å². The second kappa shape index (κ2) is 9.21. The van der Waals surface area contributed by atoms with Crippen LogP contribution in [0.5, 0.6) is 11.5 Å². The summed E-state index contributed by atoms with van der Waals surface area (Å²) >= 11 is 0. The predicted molar refractivity (Wildman–Crippen MR) is 134 cm³/mol. The Kier molecular flexibility index (Phi) is 5.93. The molecule has 0 radical (unpaired) electrons. The van der Waals surface area contributed by atoms with Crippen LogP contribution in [0.4, 0.5) is 5.82 Å². The first-order valence-electron chi connectivity index (χ1n) is 11.4. The summed E-state index contributed by atoms with van der Waals surface area (Å²) in [5.74, 6) is 4.58. The van der Waals surface area contributed by atoms with Crippen molar-refractivity contribution in [1.82, 2.24) is 19.6 Å². The fraction of sp³-hybridized carbons (Fsp3) is 0.259. The van der Waals surface area contributed by atoms with Gasteiger partial charge in [-0.05, 0) is 38.1 Å². The molecule has 5 rings (SSSR count). The first-order valence-corrected chi connectivity index (χ1v) is 11.4. The van der Waals surface area contributed by atoms with Crippen molar-refractivity contribution < 1.29 is 14.6 Å². The fourth-order valence-corrected chi connectivity index (χ4v) is 3.93. The fourth-order valence-electron chi connectivity index (χ4n) is 3.93. The van der Waals surface area contributed by atoms with Crippen LogP contribution in [0.3, 0.4) is 0 Å². The summed E-state index contributed by atoms with van der Waals surface area (Å²) in [5.41, 5.74) is 2.27. The van der Waals surface area contributed by atoms with Crippen LogP contribution in [0, 0.1) is 23.7 Å². The molecule has 1 saturated heterocycles. The van der Waals surface area contributed by atoms with Gasteiger partial charge in [0, 0.05) is 29.6 Å². The van der Waals surface area contributed by atoms with E-state index in [4.69, 9.17) is 15.9 Å².